The third kappa shape index (κ3) is 6.03. The van der Waals surface area contributed by atoms with Crippen molar-refractivity contribution in [3.8, 4) is 33.9 Å². The summed E-state index contributed by atoms with van der Waals surface area (Å²) in [4.78, 5) is 31.0. The average Bonchev–Trinajstić information content (AvgIpc) is 3.65. The first-order valence-electron chi connectivity index (χ1n) is 13.6. The first-order chi connectivity index (χ1) is 20.5. The number of methoxy groups -OCH3 is 1. The summed E-state index contributed by atoms with van der Waals surface area (Å²) in [6.45, 7) is 7.53. The van der Waals surface area contributed by atoms with E-state index in [1.807, 2.05) is 39.8 Å². The zero-order valence-corrected chi connectivity index (χ0v) is 25.4. The van der Waals surface area contributed by atoms with Crippen LogP contribution in [0.4, 0.5) is 4.39 Å². The molecule has 3 aromatic carbocycles. The van der Waals surface area contributed by atoms with Crippen molar-refractivity contribution in [2.45, 2.75) is 44.7 Å². The monoisotopic (exact) mass is 605 g/mol. The fourth-order valence-corrected chi connectivity index (χ4v) is 5.42. The summed E-state index contributed by atoms with van der Waals surface area (Å²) in [5.41, 5.74) is 2.14. The highest BCUT2D eigenvalue weighted by Crippen LogP contribution is 2.42. The molecule has 1 unspecified atom stereocenters. The number of aliphatic imine (C=N–C) groups is 1. The SMILES string of the molecule is CNC(=O)c1c(-c2ccc(F)cc2)oc2cc(OC(C)C)c(-c3ccc(OC)c(C(=O)NC(C)(C)C4N=COS4)c3)cc12. The van der Waals surface area contributed by atoms with Crippen LogP contribution in [0.2, 0.25) is 0 Å². The Morgan fingerprint density at radius 2 is 1.74 bits per heavy atom. The molecular formula is C32H32FN3O6S. The van der Waals surface area contributed by atoms with E-state index < -0.39 is 11.4 Å². The lowest BCUT2D eigenvalue weighted by atomic mass is 9.97. The number of ether oxygens (including phenoxy) is 2. The van der Waals surface area contributed by atoms with Crippen molar-refractivity contribution in [1.82, 2.24) is 10.6 Å². The molecule has 0 spiro atoms. The lowest BCUT2D eigenvalue weighted by molar-refractivity contribution is 0.0908. The van der Waals surface area contributed by atoms with Gasteiger partial charge in [-0.1, -0.05) is 6.07 Å². The van der Waals surface area contributed by atoms with Gasteiger partial charge in [0.15, 0.2) is 11.8 Å². The van der Waals surface area contributed by atoms with Gasteiger partial charge >= 0.3 is 0 Å². The van der Waals surface area contributed by atoms with Crippen LogP contribution in [0.5, 0.6) is 11.5 Å². The molecule has 4 aromatic rings. The quantitative estimate of drug-likeness (QED) is 0.207. The van der Waals surface area contributed by atoms with Crippen LogP contribution in [0.15, 0.2) is 64.0 Å². The summed E-state index contributed by atoms with van der Waals surface area (Å²) in [5, 5.41) is 5.93. The van der Waals surface area contributed by atoms with Crippen LogP contribution in [0.25, 0.3) is 33.4 Å². The van der Waals surface area contributed by atoms with Gasteiger partial charge in [0.2, 0.25) is 0 Å². The fourth-order valence-electron chi connectivity index (χ4n) is 4.82. The molecule has 1 aliphatic heterocycles. The van der Waals surface area contributed by atoms with Gasteiger partial charge < -0.3 is 28.7 Å². The number of nitrogens with one attached hydrogen (secondary N) is 2. The smallest absolute Gasteiger partial charge is 0.255 e. The molecule has 5 rings (SSSR count). The third-order valence-corrected chi connectivity index (χ3v) is 8.00. The van der Waals surface area contributed by atoms with E-state index in [1.165, 1.54) is 44.7 Å². The second kappa shape index (κ2) is 12.0. The summed E-state index contributed by atoms with van der Waals surface area (Å²) in [6.07, 6.45) is 1.18. The number of halogens is 1. The maximum Gasteiger partial charge on any atom is 0.255 e. The van der Waals surface area contributed by atoms with Gasteiger partial charge in [-0.05, 0) is 75.7 Å². The Balaban J connectivity index is 1.66. The molecule has 9 nitrogen and oxygen atoms in total. The molecule has 0 radical (unpaired) electrons. The van der Waals surface area contributed by atoms with Gasteiger partial charge in [0, 0.05) is 29.6 Å². The van der Waals surface area contributed by atoms with Crippen molar-refractivity contribution in [1.29, 1.82) is 0 Å². The number of hydrogen-bond donors (Lipinski definition) is 2. The molecule has 43 heavy (non-hydrogen) atoms. The predicted octanol–water partition coefficient (Wildman–Crippen LogP) is 6.60. The predicted molar refractivity (Wildman–Crippen MR) is 165 cm³/mol. The molecular weight excluding hydrogens is 573 g/mol. The summed E-state index contributed by atoms with van der Waals surface area (Å²) >= 11 is 1.17. The molecule has 1 aromatic heterocycles. The average molecular weight is 606 g/mol. The summed E-state index contributed by atoms with van der Waals surface area (Å²) in [5.74, 6) is 0.0616. The molecule has 1 atom stereocenters. The van der Waals surface area contributed by atoms with Crippen molar-refractivity contribution in [3.63, 3.8) is 0 Å². The first-order valence-corrected chi connectivity index (χ1v) is 14.4. The second-order valence-corrected chi connectivity index (χ2v) is 11.6. The molecule has 1 aliphatic rings. The van der Waals surface area contributed by atoms with Crippen molar-refractivity contribution in [2.75, 3.05) is 14.2 Å². The number of benzene rings is 3. The largest absolute Gasteiger partial charge is 0.496 e. The number of nitrogens with zero attached hydrogens (tertiary/aromatic N) is 1. The van der Waals surface area contributed by atoms with E-state index in [2.05, 4.69) is 15.6 Å². The number of amides is 2. The van der Waals surface area contributed by atoms with Crippen LogP contribution >= 0.6 is 12.0 Å². The van der Waals surface area contributed by atoms with Gasteiger partial charge in [0.1, 0.15) is 28.7 Å². The zero-order chi connectivity index (χ0) is 30.9. The Hall–Kier alpha value is -4.51. The van der Waals surface area contributed by atoms with Gasteiger partial charge in [-0.15, -0.1) is 0 Å². The lowest BCUT2D eigenvalue weighted by Gasteiger charge is -2.29. The van der Waals surface area contributed by atoms with E-state index in [4.69, 9.17) is 18.1 Å². The molecule has 0 saturated carbocycles. The first kappa shape index (κ1) is 30.0. The molecule has 0 saturated heterocycles. The van der Waals surface area contributed by atoms with Crippen molar-refractivity contribution in [3.05, 3.63) is 71.5 Å². The maximum absolute atomic E-state index is 13.7. The number of furan rings is 1. The molecule has 0 bridgehead atoms. The van der Waals surface area contributed by atoms with Crippen molar-refractivity contribution < 1.29 is 32.1 Å². The van der Waals surface area contributed by atoms with E-state index in [0.29, 0.717) is 56.0 Å². The van der Waals surface area contributed by atoms with Gasteiger partial charge in [-0.3, -0.25) is 9.59 Å². The minimum absolute atomic E-state index is 0.186. The number of rotatable bonds is 9. The minimum Gasteiger partial charge on any atom is -0.496 e. The van der Waals surface area contributed by atoms with Crippen LogP contribution in [0.3, 0.4) is 0 Å². The molecule has 2 N–H and O–H groups in total. The van der Waals surface area contributed by atoms with Crippen molar-refractivity contribution >= 4 is 41.2 Å². The standard InChI is InChI=1S/C32H32FN3O6S/c1-17(2)41-25-15-26-22(27(30(38)34-5)28(42-26)18-7-10-20(33)11-8-18)14-21(25)19-9-12-24(39-6)23(13-19)29(37)36-32(3,4)31-35-16-40-43-31/h7-17,31H,1-6H3,(H,34,38)(H,36,37). The van der Waals surface area contributed by atoms with Crippen molar-refractivity contribution in [2.24, 2.45) is 4.99 Å². The van der Waals surface area contributed by atoms with Gasteiger partial charge in [0.05, 0.1) is 41.9 Å². The highest BCUT2D eigenvalue weighted by atomic mass is 32.2. The van der Waals surface area contributed by atoms with Crippen LogP contribution in [0.1, 0.15) is 48.4 Å². The molecule has 0 aliphatic carbocycles. The highest BCUT2D eigenvalue weighted by molar-refractivity contribution is 7.96. The zero-order valence-electron chi connectivity index (χ0n) is 24.6. The normalized spacial score (nSPS) is 14.6. The van der Waals surface area contributed by atoms with Crippen LogP contribution in [0, 0.1) is 5.82 Å². The Morgan fingerprint density at radius 3 is 2.37 bits per heavy atom. The Labute approximate surface area is 253 Å². The molecule has 11 heteroatoms. The Morgan fingerprint density at radius 1 is 1.02 bits per heavy atom. The topological polar surface area (TPSA) is 111 Å². The summed E-state index contributed by atoms with van der Waals surface area (Å²) in [7, 11) is 3.03. The maximum atomic E-state index is 13.7. The number of carbonyl (C=O) groups is 2. The molecule has 2 heterocycles. The Kier molecular flexibility index (Phi) is 8.36. The van der Waals surface area contributed by atoms with Gasteiger partial charge in [-0.2, -0.15) is 0 Å². The Bertz CT molecular complexity index is 1710. The number of carbonyl (C=O) groups excluding carboxylic acids is 2. The van der Waals surface area contributed by atoms with E-state index in [-0.39, 0.29) is 23.3 Å². The van der Waals surface area contributed by atoms with E-state index in [0.717, 1.165) is 0 Å². The van der Waals surface area contributed by atoms with E-state index >= 15 is 0 Å². The molecule has 0 fully saturated rings. The highest BCUT2D eigenvalue weighted by Gasteiger charge is 2.35. The minimum atomic E-state index is -0.726. The second-order valence-electron chi connectivity index (χ2n) is 10.8. The summed E-state index contributed by atoms with van der Waals surface area (Å²) < 4.78 is 36.8. The van der Waals surface area contributed by atoms with Crippen LogP contribution < -0.4 is 20.1 Å². The summed E-state index contributed by atoms with van der Waals surface area (Å²) in [6, 6.07) is 14.5. The number of hydrogen-bond acceptors (Lipinski definition) is 8. The molecule has 2 amide bonds. The van der Waals surface area contributed by atoms with Crippen LogP contribution in [-0.2, 0) is 4.18 Å². The third-order valence-electron chi connectivity index (χ3n) is 6.91. The lowest BCUT2D eigenvalue weighted by Crippen LogP contribution is -2.49. The van der Waals surface area contributed by atoms with Gasteiger partial charge in [-0.25, -0.2) is 9.38 Å². The molecule has 224 valence electrons. The fraction of sp³-hybridized carbons (Fsp3) is 0.281. The van der Waals surface area contributed by atoms with Gasteiger partial charge in [0.25, 0.3) is 11.8 Å². The van der Waals surface area contributed by atoms with E-state index in [9.17, 15) is 14.0 Å². The van der Waals surface area contributed by atoms with E-state index in [1.54, 1.807) is 30.3 Å². The number of fused-ring (bicyclic) bond motifs is 1. The van der Waals surface area contributed by atoms with Crippen LogP contribution in [-0.4, -0.2) is 49.4 Å².